The number of halogens is 1. The molecule has 0 bridgehead atoms. The molecule has 0 amide bonds. The standard InChI is InChI=1S/C16H18FNO3/c1-4-10(3)18-9-13(16(20)21-5-2)15(19)12-7-6-11(17)8-14(12)18/h6-10H,4-5H2,1-3H3/t10-/m1/s1. The van der Waals surface area contributed by atoms with E-state index in [1.807, 2.05) is 13.8 Å². The highest BCUT2D eigenvalue weighted by atomic mass is 19.1. The highest BCUT2D eigenvalue weighted by Crippen LogP contribution is 2.20. The van der Waals surface area contributed by atoms with Crippen LogP contribution in [0.15, 0.2) is 29.2 Å². The molecule has 1 aromatic carbocycles. The van der Waals surface area contributed by atoms with E-state index in [4.69, 9.17) is 4.74 Å². The number of hydrogen-bond donors (Lipinski definition) is 0. The number of benzene rings is 1. The van der Waals surface area contributed by atoms with Crippen LogP contribution in [0.4, 0.5) is 4.39 Å². The summed E-state index contributed by atoms with van der Waals surface area (Å²) >= 11 is 0. The van der Waals surface area contributed by atoms with Gasteiger partial charge in [0.15, 0.2) is 0 Å². The highest BCUT2D eigenvalue weighted by Gasteiger charge is 2.18. The van der Waals surface area contributed by atoms with Crippen LogP contribution in [-0.2, 0) is 4.74 Å². The van der Waals surface area contributed by atoms with Crippen molar-refractivity contribution >= 4 is 16.9 Å². The highest BCUT2D eigenvalue weighted by molar-refractivity contribution is 5.93. The van der Waals surface area contributed by atoms with Gasteiger partial charge in [0.05, 0.1) is 12.1 Å². The van der Waals surface area contributed by atoms with Crippen LogP contribution < -0.4 is 5.43 Å². The number of nitrogens with zero attached hydrogens (tertiary/aromatic N) is 1. The van der Waals surface area contributed by atoms with Gasteiger partial charge >= 0.3 is 5.97 Å². The third-order valence-corrected chi connectivity index (χ3v) is 3.56. The molecule has 4 nitrogen and oxygen atoms in total. The van der Waals surface area contributed by atoms with E-state index >= 15 is 0 Å². The maximum atomic E-state index is 13.5. The molecular weight excluding hydrogens is 273 g/mol. The lowest BCUT2D eigenvalue weighted by Crippen LogP contribution is -2.22. The van der Waals surface area contributed by atoms with Crippen molar-refractivity contribution in [3.8, 4) is 0 Å². The van der Waals surface area contributed by atoms with E-state index in [1.54, 1.807) is 11.5 Å². The number of aromatic nitrogens is 1. The van der Waals surface area contributed by atoms with Gasteiger partial charge in [-0.05, 0) is 38.5 Å². The van der Waals surface area contributed by atoms with Gasteiger partial charge in [-0.3, -0.25) is 4.79 Å². The summed E-state index contributed by atoms with van der Waals surface area (Å²) in [6.45, 7) is 5.81. The van der Waals surface area contributed by atoms with Gasteiger partial charge in [-0.1, -0.05) is 6.92 Å². The van der Waals surface area contributed by atoms with E-state index in [-0.39, 0.29) is 18.2 Å². The summed E-state index contributed by atoms with van der Waals surface area (Å²) < 4.78 is 20.2. The minimum absolute atomic E-state index is 0.0174. The van der Waals surface area contributed by atoms with E-state index in [0.29, 0.717) is 10.9 Å². The average molecular weight is 291 g/mol. The Balaban J connectivity index is 2.79. The molecule has 2 rings (SSSR count). The van der Waals surface area contributed by atoms with Gasteiger partial charge in [-0.15, -0.1) is 0 Å². The summed E-state index contributed by atoms with van der Waals surface area (Å²) in [5, 5.41) is 0.322. The quantitative estimate of drug-likeness (QED) is 0.812. The third kappa shape index (κ3) is 2.82. The monoisotopic (exact) mass is 291 g/mol. The first kappa shape index (κ1) is 15.2. The molecule has 0 saturated heterocycles. The van der Waals surface area contributed by atoms with E-state index in [1.165, 1.54) is 24.4 Å². The number of fused-ring (bicyclic) bond motifs is 1. The minimum atomic E-state index is -0.647. The third-order valence-electron chi connectivity index (χ3n) is 3.56. The lowest BCUT2D eigenvalue weighted by atomic mass is 10.1. The van der Waals surface area contributed by atoms with Gasteiger partial charge in [0.1, 0.15) is 11.4 Å². The molecule has 0 unspecified atom stereocenters. The van der Waals surface area contributed by atoms with Gasteiger partial charge in [0.2, 0.25) is 5.43 Å². The van der Waals surface area contributed by atoms with Crippen LogP contribution >= 0.6 is 0 Å². The van der Waals surface area contributed by atoms with Crippen LogP contribution in [0.5, 0.6) is 0 Å². The largest absolute Gasteiger partial charge is 0.462 e. The van der Waals surface area contributed by atoms with Gasteiger partial charge in [0.25, 0.3) is 0 Å². The second-order valence-electron chi connectivity index (χ2n) is 4.92. The zero-order valence-electron chi connectivity index (χ0n) is 12.4. The molecule has 0 radical (unpaired) electrons. The van der Waals surface area contributed by atoms with Crippen LogP contribution in [0.25, 0.3) is 10.9 Å². The van der Waals surface area contributed by atoms with E-state index in [2.05, 4.69) is 0 Å². The summed E-state index contributed by atoms with van der Waals surface area (Å²) in [5.41, 5.74) is 0.0432. The van der Waals surface area contributed by atoms with E-state index in [0.717, 1.165) is 6.42 Å². The first-order chi connectivity index (χ1) is 9.99. The summed E-state index contributed by atoms with van der Waals surface area (Å²) in [7, 11) is 0. The second-order valence-corrected chi connectivity index (χ2v) is 4.92. The normalized spacial score (nSPS) is 12.4. The van der Waals surface area contributed by atoms with Gasteiger partial charge in [0, 0.05) is 17.6 Å². The van der Waals surface area contributed by atoms with Crippen molar-refractivity contribution in [3.63, 3.8) is 0 Å². The van der Waals surface area contributed by atoms with Crippen LogP contribution in [0, 0.1) is 5.82 Å². The van der Waals surface area contributed by atoms with Gasteiger partial charge in [-0.25, -0.2) is 9.18 Å². The number of esters is 1. The first-order valence-corrected chi connectivity index (χ1v) is 7.01. The maximum Gasteiger partial charge on any atom is 0.343 e. The molecule has 1 aromatic heterocycles. The second kappa shape index (κ2) is 6.08. The Morgan fingerprint density at radius 3 is 2.71 bits per heavy atom. The fourth-order valence-corrected chi connectivity index (χ4v) is 2.24. The van der Waals surface area contributed by atoms with Crippen LogP contribution in [-0.4, -0.2) is 17.1 Å². The SMILES string of the molecule is CCOC(=O)c1cn([C@H](C)CC)c2cc(F)ccc2c1=O. The number of hydrogen-bond acceptors (Lipinski definition) is 3. The topological polar surface area (TPSA) is 48.3 Å². The molecule has 0 saturated carbocycles. The molecule has 0 aliphatic heterocycles. The van der Waals surface area contributed by atoms with E-state index in [9.17, 15) is 14.0 Å². The van der Waals surface area contributed by atoms with Crippen molar-refractivity contribution in [2.24, 2.45) is 0 Å². The molecule has 1 atom stereocenters. The molecule has 112 valence electrons. The molecule has 0 N–H and O–H groups in total. The Morgan fingerprint density at radius 1 is 1.38 bits per heavy atom. The molecule has 0 aliphatic carbocycles. The fraction of sp³-hybridized carbons (Fsp3) is 0.375. The zero-order valence-corrected chi connectivity index (χ0v) is 12.4. The number of carbonyl (C=O) groups excluding carboxylic acids is 1. The Labute approximate surface area is 122 Å². The molecule has 0 fully saturated rings. The van der Waals surface area contributed by atoms with Crippen molar-refractivity contribution in [2.45, 2.75) is 33.2 Å². The maximum absolute atomic E-state index is 13.5. The molecule has 5 heteroatoms. The Morgan fingerprint density at radius 2 is 2.10 bits per heavy atom. The smallest absolute Gasteiger partial charge is 0.343 e. The number of ether oxygens (including phenoxy) is 1. The Kier molecular flexibility index (Phi) is 4.40. The van der Waals surface area contributed by atoms with Crippen molar-refractivity contribution in [3.05, 3.63) is 46.0 Å². The van der Waals surface area contributed by atoms with E-state index < -0.39 is 17.2 Å². The summed E-state index contributed by atoms with van der Waals surface area (Å²) in [6, 6.07) is 3.98. The molecule has 1 heterocycles. The molecule has 2 aromatic rings. The first-order valence-electron chi connectivity index (χ1n) is 7.01. The molecule has 21 heavy (non-hydrogen) atoms. The zero-order chi connectivity index (χ0) is 15.6. The lowest BCUT2D eigenvalue weighted by Gasteiger charge is -2.18. The van der Waals surface area contributed by atoms with Crippen LogP contribution in [0.3, 0.4) is 0 Å². The summed E-state index contributed by atoms with van der Waals surface area (Å²) in [6.07, 6.45) is 2.26. The minimum Gasteiger partial charge on any atom is -0.462 e. The number of carbonyl (C=O) groups is 1. The number of pyridine rings is 1. The van der Waals surface area contributed by atoms with Crippen LogP contribution in [0.1, 0.15) is 43.6 Å². The predicted molar refractivity (Wildman–Crippen MR) is 79.1 cm³/mol. The molecule has 0 spiro atoms. The number of rotatable bonds is 4. The van der Waals surface area contributed by atoms with Gasteiger partial charge < -0.3 is 9.30 Å². The average Bonchev–Trinajstić information content (AvgIpc) is 2.47. The van der Waals surface area contributed by atoms with Crippen molar-refractivity contribution in [2.75, 3.05) is 6.61 Å². The predicted octanol–water partition coefficient (Wildman–Crippen LogP) is 3.29. The summed E-state index contributed by atoms with van der Waals surface area (Å²) in [5.74, 6) is -1.06. The molecule has 0 aliphatic rings. The van der Waals surface area contributed by atoms with Crippen LogP contribution in [0.2, 0.25) is 0 Å². The van der Waals surface area contributed by atoms with Gasteiger partial charge in [-0.2, -0.15) is 0 Å². The van der Waals surface area contributed by atoms with Crippen molar-refractivity contribution in [1.82, 2.24) is 4.57 Å². The van der Waals surface area contributed by atoms with Crippen molar-refractivity contribution < 1.29 is 13.9 Å². The Bertz CT molecular complexity index is 736. The fourth-order valence-electron chi connectivity index (χ4n) is 2.24. The summed E-state index contributed by atoms with van der Waals surface area (Å²) in [4.78, 5) is 24.3. The van der Waals surface area contributed by atoms with Crippen molar-refractivity contribution in [1.29, 1.82) is 0 Å². The molecular formula is C16H18FNO3. The lowest BCUT2D eigenvalue weighted by molar-refractivity contribution is 0.0524. The Hall–Kier alpha value is -2.17.